The first-order valence-corrected chi connectivity index (χ1v) is 12.7. The quantitative estimate of drug-likeness (QED) is 0.398. The lowest BCUT2D eigenvalue weighted by Gasteiger charge is -2.14. The molecule has 1 atom stereocenters. The summed E-state index contributed by atoms with van der Waals surface area (Å²) in [6.07, 6.45) is 2.27. The number of nitrogens with one attached hydrogen (secondary N) is 1. The molecule has 0 spiro atoms. The van der Waals surface area contributed by atoms with Crippen molar-refractivity contribution in [3.63, 3.8) is 0 Å². The molecule has 0 saturated carbocycles. The van der Waals surface area contributed by atoms with Gasteiger partial charge in [0, 0.05) is 18.9 Å². The Labute approximate surface area is 178 Å². The maximum Gasteiger partial charge on any atom is 0.240 e. The van der Waals surface area contributed by atoms with Crippen molar-refractivity contribution in [1.29, 1.82) is 0 Å². The highest BCUT2D eigenvalue weighted by Gasteiger charge is 2.22. The molecule has 10 heteroatoms. The maximum absolute atomic E-state index is 12.3. The molecule has 154 valence electrons. The van der Waals surface area contributed by atoms with Crippen LogP contribution in [0, 0.1) is 0 Å². The molecule has 0 bridgehead atoms. The van der Waals surface area contributed by atoms with Crippen LogP contribution in [0.4, 0.5) is 0 Å². The smallest absolute Gasteiger partial charge is 0.240 e. The molecule has 0 radical (unpaired) electrons. The van der Waals surface area contributed by atoms with Crippen molar-refractivity contribution in [2.45, 2.75) is 35.5 Å². The van der Waals surface area contributed by atoms with Gasteiger partial charge in [0.2, 0.25) is 10.0 Å². The van der Waals surface area contributed by atoms with E-state index in [0.717, 1.165) is 35.3 Å². The van der Waals surface area contributed by atoms with Gasteiger partial charge in [-0.3, -0.25) is 4.57 Å². The van der Waals surface area contributed by atoms with E-state index in [2.05, 4.69) is 19.5 Å². The molecule has 7 nitrogen and oxygen atoms in total. The number of thiophene rings is 1. The van der Waals surface area contributed by atoms with Crippen molar-refractivity contribution in [1.82, 2.24) is 19.5 Å². The van der Waals surface area contributed by atoms with E-state index in [9.17, 15) is 8.42 Å². The highest BCUT2D eigenvalue weighted by molar-refractivity contribution is 7.99. The summed E-state index contributed by atoms with van der Waals surface area (Å²) in [6.45, 7) is 1.81. The number of ether oxygens (including phenoxy) is 1. The van der Waals surface area contributed by atoms with Crippen LogP contribution >= 0.6 is 23.1 Å². The van der Waals surface area contributed by atoms with Crippen LogP contribution in [-0.4, -0.2) is 48.2 Å². The van der Waals surface area contributed by atoms with Gasteiger partial charge in [0.15, 0.2) is 11.0 Å². The zero-order valence-electron chi connectivity index (χ0n) is 15.7. The van der Waals surface area contributed by atoms with E-state index in [1.165, 1.54) is 11.8 Å². The van der Waals surface area contributed by atoms with Gasteiger partial charge < -0.3 is 4.74 Å². The molecule has 3 aromatic rings. The number of hydrogen-bond acceptors (Lipinski definition) is 7. The van der Waals surface area contributed by atoms with E-state index in [4.69, 9.17) is 4.74 Å². The molecule has 0 aliphatic carbocycles. The van der Waals surface area contributed by atoms with Crippen molar-refractivity contribution in [3.05, 3.63) is 47.8 Å². The van der Waals surface area contributed by atoms with Gasteiger partial charge in [0.1, 0.15) is 0 Å². The summed E-state index contributed by atoms with van der Waals surface area (Å²) in [7, 11) is -3.50. The van der Waals surface area contributed by atoms with E-state index >= 15 is 0 Å². The van der Waals surface area contributed by atoms with Crippen molar-refractivity contribution in [3.8, 4) is 10.7 Å². The number of hydrogen-bond donors (Lipinski definition) is 1. The van der Waals surface area contributed by atoms with E-state index in [1.54, 1.807) is 41.7 Å². The van der Waals surface area contributed by atoms with E-state index in [-0.39, 0.29) is 11.0 Å². The molecule has 1 aromatic carbocycles. The molecular weight excluding hydrogens is 428 g/mol. The van der Waals surface area contributed by atoms with Crippen molar-refractivity contribution >= 4 is 33.1 Å². The summed E-state index contributed by atoms with van der Waals surface area (Å²) in [4.78, 5) is 1.33. The van der Waals surface area contributed by atoms with Gasteiger partial charge in [0.25, 0.3) is 0 Å². The molecule has 4 rings (SSSR count). The van der Waals surface area contributed by atoms with Crippen LogP contribution in [0.3, 0.4) is 0 Å². The molecule has 1 fully saturated rings. The van der Waals surface area contributed by atoms with Crippen molar-refractivity contribution < 1.29 is 13.2 Å². The van der Waals surface area contributed by atoms with Crippen LogP contribution in [0.15, 0.2) is 57.9 Å². The van der Waals surface area contributed by atoms with Crippen LogP contribution in [0.2, 0.25) is 0 Å². The SMILES string of the molecule is O=S(=O)(NCCSc1nnc(-c2cccs2)n1CC1CCCO1)c1ccccc1. The summed E-state index contributed by atoms with van der Waals surface area (Å²) in [5.74, 6) is 1.39. The Morgan fingerprint density at radius 2 is 2.07 bits per heavy atom. The molecule has 3 heterocycles. The average molecular weight is 451 g/mol. The summed E-state index contributed by atoms with van der Waals surface area (Å²) in [6, 6.07) is 12.4. The summed E-state index contributed by atoms with van der Waals surface area (Å²) in [5.41, 5.74) is 0. The summed E-state index contributed by atoms with van der Waals surface area (Å²) >= 11 is 3.12. The van der Waals surface area contributed by atoms with Gasteiger partial charge in [-0.15, -0.1) is 21.5 Å². The van der Waals surface area contributed by atoms with Crippen LogP contribution < -0.4 is 4.72 Å². The lowest BCUT2D eigenvalue weighted by atomic mass is 10.2. The topological polar surface area (TPSA) is 86.1 Å². The minimum absolute atomic E-state index is 0.167. The van der Waals surface area contributed by atoms with Gasteiger partial charge in [-0.2, -0.15) is 0 Å². The summed E-state index contributed by atoms with van der Waals surface area (Å²) in [5, 5.41) is 11.5. The number of sulfonamides is 1. The van der Waals surface area contributed by atoms with Crippen molar-refractivity contribution in [2.75, 3.05) is 18.9 Å². The van der Waals surface area contributed by atoms with Crippen LogP contribution in [0.25, 0.3) is 10.7 Å². The third-order valence-corrected chi connectivity index (χ3v) is 7.86. The average Bonchev–Trinajstić information content (AvgIpc) is 3.49. The highest BCUT2D eigenvalue weighted by atomic mass is 32.2. The second-order valence-electron chi connectivity index (χ2n) is 6.59. The van der Waals surface area contributed by atoms with Gasteiger partial charge in [-0.25, -0.2) is 13.1 Å². The van der Waals surface area contributed by atoms with E-state index in [0.29, 0.717) is 18.8 Å². The first-order chi connectivity index (χ1) is 14.1. The predicted molar refractivity (Wildman–Crippen MR) is 115 cm³/mol. The van der Waals surface area contributed by atoms with E-state index < -0.39 is 10.0 Å². The molecule has 1 aliphatic rings. The molecule has 1 aliphatic heterocycles. The van der Waals surface area contributed by atoms with Crippen LogP contribution in [0.1, 0.15) is 12.8 Å². The fourth-order valence-corrected chi connectivity index (χ4v) is 5.84. The van der Waals surface area contributed by atoms with Crippen molar-refractivity contribution in [2.24, 2.45) is 0 Å². The number of rotatable bonds is 9. The Bertz CT molecular complexity index is 1010. The normalized spacial score (nSPS) is 17.0. The minimum atomic E-state index is -3.50. The molecular formula is C19H22N4O3S3. The van der Waals surface area contributed by atoms with Crippen LogP contribution in [-0.2, 0) is 21.3 Å². The predicted octanol–water partition coefficient (Wildman–Crippen LogP) is 3.26. The van der Waals surface area contributed by atoms with Crippen LogP contribution in [0.5, 0.6) is 0 Å². The van der Waals surface area contributed by atoms with Gasteiger partial charge in [-0.1, -0.05) is 36.0 Å². The van der Waals surface area contributed by atoms with Gasteiger partial charge in [0.05, 0.1) is 22.4 Å². The lowest BCUT2D eigenvalue weighted by Crippen LogP contribution is -2.26. The standard InChI is InChI=1S/C19H22N4O3S3/c24-29(25,16-7-2-1-3-8-16)20-10-13-28-19-22-21-18(17-9-5-12-27-17)23(19)14-15-6-4-11-26-15/h1-3,5,7-9,12,15,20H,4,6,10-11,13-14H2. The second kappa shape index (κ2) is 9.40. The monoisotopic (exact) mass is 450 g/mol. The second-order valence-corrected chi connectivity index (χ2v) is 10.4. The number of aromatic nitrogens is 3. The number of nitrogens with zero attached hydrogens (tertiary/aromatic N) is 3. The Balaban J connectivity index is 1.41. The number of thioether (sulfide) groups is 1. The Hall–Kier alpha value is -1.72. The lowest BCUT2D eigenvalue weighted by molar-refractivity contribution is 0.0953. The Kier molecular flexibility index (Phi) is 6.66. The molecule has 1 saturated heterocycles. The fraction of sp³-hybridized carbons (Fsp3) is 0.368. The van der Waals surface area contributed by atoms with E-state index in [1.807, 2.05) is 17.5 Å². The number of benzene rings is 1. The highest BCUT2D eigenvalue weighted by Crippen LogP contribution is 2.29. The Morgan fingerprint density at radius 3 is 2.79 bits per heavy atom. The first-order valence-electron chi connectivity index (χ1n) is 9.40. The molecule has 0 amide bonds. The molecule has 1 unspecified atom stereocenters. The zero-order chi connectivity index (χ0) is 20.1. The third kappa shape index (κ3) is 5.07. The minimum Gasteiger partial charge on any atom is -0.376 e. The maximum atomic E-state index is 12.3. The van der Waals surface area contributed by atoms with Gasteiger partial charge in [-0.05, 0) is 36.4 Å². The Morgan fingerprint density at radius 1 is 1.21 bits per heavy atom. The molecule has 29 heavy (non-hydrogen) atoms. The third-order valence-electron chi connectivity index (χ3n) is 4.55. The first kappa shape index (κ1) is 20.5. The zero-order valence-corrected chi connectivity index (χ0v) is 18.2. The fourth-order valence-electron chi connectivity index (χ4n) is 3.14. The summed E-state index contributed by atoms with van der Waals surface area (Å²) < 4.78 is 35.2. The van der Waals surface area contributed by atoms with Gasteiger partial charge >= 0.3 is 0 Å². The largest absolute Gasteiger partial charge is 0.376 e. The molecule has 1 N–H and O–H groups in total. The molecule has 2 aromatic heterocycles.